The van der Waals surface area contributed by atoms with E-state index in [0.29, 0.717) is 31.9 Å². The molecule has 132 valence electrons. The summed E-state index contributed by atoms with van der Waals surface area (Å²) in [5.74, 6) is 0.0540. The van der Waals surface area contributed by atoms with Crippen LogP contribution in [0.1, 0.15) is 22.8 Å². The molecule has 0 atom stereocenters. The second-order valence-electron chi connectivity index (χ2n) is 6.53. The van der Waals surface area contributed by atoms with Crippen molar-refractivity contribution >= 4 is 16.8 Å². The van der Waals surface area contributed by atoms with Gasteiger partial charge < -0.3 is 9.64 Å². The number of para-hydroxylation sites is 1. The zero-order valence-electron chi connectivity index (χ0n) is 14.9. The molecule has 26 heavy (non-hydrogen) atoms. The highest BCUT2D eigenvalue weighted by Crippen LogP contribution is 2.26. The summed E-state index contributed by atoms with van der Waals surface area (Å²) in [5, 5.41) is 0.901. The summed E-state index contributed by atoms with van der Waals surface area (Å²) >= 11 is 0. The first kappa shape index (κ1) is 16.7. The minimum absolute atomic E-state index is 0.0540. The highest BCUT2D eigenvalue weighted by Gasteiger charge is 2.21. The molecule has 2 heterocycles. The number of amides is 1. The van der Waals surface area contributed by atoms with Crippen molar-refractivity contribution in [3.05, 3.63) is 65.7 Å². The van der Waals surface area contributed by atoms with Crippen LogP contribution in [0.4, 0.5) is 0 Å². The van der Waals surface area contributed by atoms with E-state index in [4.69, 9.17) is 9.72 Å². The van der Waals surface area contributed by atoms with Crippen LogP contribution in [0.3, 0.4) is 0 Å². The topological polar surface area (TPSA) is 42.4 Å². The molecule has 1 saturated heterocycles. The number of aryl methyl sites for hydroxylation is 1. The molecule has 4 nitrogen and oxygen atoms in total. The fourth-order valence-electron chi connectivity index (χ4n) is 3.35. The van der Waals surface area contributed by atoms with Crippen molar-refractivity contribution in [2.75, 3.05) is 26.3 Å². The third-order valence-electron chi connectivity index (χ3n) is 4.90. The third-order valence-corrected chi connectivity index (χ3v) is 4.90. The largest absolute Gasteiger partial charge is 0.378 e. The standard InChI is InChI=1S/C22H22N2O2/c1-2-16-7-9-17(10-8-16)21-15-19(18-5-3-4-6-20(18)23-21)22(25)24-11-13-26-14-12-24/h3-10,15H,2,11-14H2,1H3. The molecule has 1 aliphatic rings. The molecule has 4 heteroatoms. The lowest BCUT2D eigenvalue weighted by atomic mass is 10.0. The monoisotopic (exact) mass is 346 g/mol. The van der Waals surface area contributed by atoms with Gasteiger partial charge in [0.05, 0.1) is 30.0 Å². The molecule has 0 spiro atoms. The Balaban J connectivity index is 1.81. The number of hydrogen-bond acceptors (Lipinski definition) is 3. The van der Waals surface area contributed by atoms with Gasteiger partial charge in [0, 0.05) is 24.0 Å². The minimum atomic E-state index is 0.0540. The average Bonchev–Trinajstić information content (AvgIpc) is 2.73. The predicted octanol–water partition coefficient (Wildman–Crippen LogP) is 3.94. The molecule has 1 aromatic heterocycles. The van der Waals surface area contributed by atoms with Gasteiger partial charge in [0.2, 0.25) is 0 Å². The van der Waals surface area contributed by atoms with Gasteiger partial charge in [-0.2, -0.15) is 0 Å². The molecule has 0 saturated carbocycles. The lowest BCUT2D eigenvalue weighted by Gasteiger charge is -2.27. The SMILES string of the molecule is CCc1ccc(-c2cc(C(=O)N3CCOCC3)c3ccccc3n2)cc1. The number of aromatic nitrogens is 1. The molecule has 2 aromatic carbocycles. The number of carbonyl (C=O) groups excluding carboxylic acids is 1. The van der Waals surface area contributed by atoms with Gasteiger partial charge in [-0.3, -0.25) is 4.79 Å². The Morgan fingerprint density at radius 3 is 2.54 bits per heavy atom. The van der Waals surface area contributed by atoms with Gasteiger partial charge in [-0.1, -0.05) is 49.4 Å². The number of ether oxygens (including phenoxy) is 1. The Bertz CT molecular complexity index is 929. The number of nitrogens with zero attached hydrogens (tertiary/aromatic N) is 2. The Morgan fingerprint density at radius 2 is 1.81 bits per heavy atom. The quantitative estimate of drug-likeness (QED) is 0.721. The lowest BCUT2D eigenvalue weighted by Crippen LogP contribution is -2.40. The number of morpholine rings is 1. The van der Waals surface area contributed by atoms with Crippen LogP contribution in [0, 0.1) is 0 Å². The van der Waals surface area contributed by atoms with E-state index in [2.05, 4.69) is 31.2 Å². The first-order valence-electron chi connectivity index (χ1n) is 9.12. The van der Waals surface area contributed by atoms with Crippen LogP contribution in [-0.4, -0.2) is 42.1 Å². The molecule has 1 amide bonds. The fraction of sp³-hybridized carbons (Fsp3) is 0.273. The van der Waals surface area contributed by atoms with Crippen molar-refractivity contribution in [3.8, 4) is 11.3 Å². The second kappa shape index (κ2) is 7.26. The minimum Gasteiger partial charge on any atom is -0.378 e. The summed E-state index contributed by atoms with van der Waals surface area (Å²) in [6.45, 7) is 4.61. The Kier molecular flexibility index (Phi) is 4.67. The summed E-state index contributed by atoms with van der Waals surface area (Å²) in [6, 6.07) is 18.2. The number of benzene rings is 2. The van der Waals surface area contributed by atoms with Crippen molar-refractivity contribution in [2.24, 2.45) is 0 Å². The first-order chi connectivity index (χ1) is 12.8. The van der Waals surface area contributed by atoms with Gasteiger partial charge in [-0.25, -0.2) is 4.98 Å². The van der Waals surface area contributed by atoms with E-state index in [1.807, 2.05) is 35.2 Å². The van der Waals surface area contributed by atoms with Crippen molar-refractivity contribution in [1.29, 1.82) is 0 Å². The van der Waals surface area contributed by atoms with Gasteiger partial charge in [0.25, 0.3) is 5.91 Å². The second-order valence-corrected chi connectivity index (χ2v) is 6.53. The van der Waals surface area contributed by atoms with Crippen LogP contribution in [-0.2, 0) is 11.2 Å². The van der Waals surface area contributed by atoms with Crippen molar-refractivity contribution < 1.29 is 9.53 Å². The van der Waals surface area contributed by atoms with E-state index in [1.165, 1.54) is 5.56 Å². The number of rotatable bonds is 3. The lowest BCUT2D eigenvalue weighted by molar-refractivity contribution is 0.0304. The normalized spacial score (nSPS) is 14.6. The van der Waals surface area contributed by atoms with Crippen molar-refractivity contribution in [3.63, 3.8) is 0 Å². The molecular weight excluding hydrogens is 324 g/mol. The van der Waals surface area contributed by atoms with Crippen LogP contribution in [0.5, 0.6) is 0 Å². The smallest absolute Gasteiger partial charge is 0.254 e. The van der Waals surface area contributed by atoms with Crippen LogP contribution in [0.25, 0.3) is 22.2 Å². The van der Waals surface area contributed by atoms with Crippen LogP contribution in [0.15, 0.2) is 54.6 Å². The number of carbonyl (C=O) groups is 1. The zero-order chi connectivity index (χ0) is 17.9. The van der Waals surface area contributed by atoms with Gasteiger partial charge in [0.15, 0.2) is 0 Å². The van der Waals surface area contributed by atoms with Gasteiger partial charge >= 0.3 is 0 Å². The van der Waals surface area contributed by atoms with E-state index in [-0.39, 0.29) is 5.91 Å². The summed E-state index contributed by atoms with van der Waals surface area (Å²) in [4.78, 5) is 19.8. The number of hydrogen-bond donors (Lipinski definition) is 0. The van der Waals surface area contributed by atoms with Gasteiger partial charge in [0.1, 0.15) is 0 Å². The third kappa shape index (κ3) is 3.20. The van der Waals surface area contributed by atoms with E-state index < -0.39 is 0 Å². The van der Waals surface area contributed by atoms with E-state index in [1.54, 1.807) is 0 Å². The highest BCUT2D eigenvalue weighted by atomic mass is 16.5. The maximum atomic E-state index is 13.1. The predicted molar refractivity (Wildman–Crippen MR) is 103 cm³/mol. The first-order valence-corrected chi connectivity index (χ1v) is 9.12. The molecular formula is C22H22N2O2. The van der Waals surface area contributed by atoms with Crippen molar-refractivity contribution in [2.45, 2.75) is 13.3 Å². The maximum Gasteiger partial charge on any atom is 0.254 e. The van der Waals surface area contributed by atoms with E-state index in [0.717, 1.165) is 28.6 Å². The van der Waals surface area contributed by atoms with E-state index in [9.17, 15) is 4.79 Å². The van der Waals surface area contributed by atoms with Crippen LogP contribution >= 0.6 is 0 Å². The summed E-state index contributed by atoms with van der Waals surface area (Å²) in [7, 11) is 0. The molecule has 4 rings (SSSR count). The fourth-order valence-corrected chi connectivity index (χ4v) is 3.35. The summed E-state index contributed by atoms with van der Waals surface area (Å²) in [6.07, 6.45) is 1.01. The summed E-state index contributed by atoms with van der Waals surface area (Å²) < 4.78 is 5.38. The number of fused-ring (bicyclic) bond motifs is 1. The molecule has 3 aromatic rings. The molecule has 1 fully saturated rings. The molecule has 1 aliphatic heterocycles. The molecule has 0 aliphatic carbocycles. The molecule has 0 unspecified atom stereocenters. The average molecular weight is 346 g/mol. The zero-order valence-corrected chi connectivity index (χ0v) is 14.9. The Hall–Kier alpha value is -2.72. The van der Waals surface area contributed by atoms with Gasteiger partial charge in [-0.15, -0.1) is 0 Å². The van der Waals surface area contributed by atoms with Crippen LogP contribution < -0.4 is 0 Å². The molecule has 0 bridgehead atoms. The summed E-state index contributed by atoms with van der Waals surface area (Å²) in [5.41, 5.74) is 4.72. The van der Waals surface area contributed by atoms with Gasteiger partial charge in [-0.05, 0) is 24.1 Å². The Labute approximate surface area is 153 Å². The van der Waals surface area contributed by atoms with Crippen molar-refractivity contribution in [1.82, 2.24) is 9.88 Å². The maximum absolute atomic E-state index is 13.1. The Morgan fingerprint density at radius 1 is 1.08 bits per heavy atom. The molecule has 0 radical (unpaired) electrons. The number of pyridine rings is 1. The highest BCUT2D eigenvalue weighted by molar-refractivity contribution is 6.07. The van der Waals surface area contributed by atoms with E-state index >= 15 is 0 Å². The van der Waals surface area contributed by atoms with Crippen LogP contribution in [0.2, 0.25) is 0 Å². The molecule has 0 N–H and O–H groups in total.